The zero-order chi connectivity index (χ0) is 12.7. The number of aromatic nitrogens is 2. The zero-order valence-corrected chi connectivity index (χ0v) is 11.3. The quantitative estimate of drug-likeness (QED) is 0.897. The highest BCUT2D eigenvalue weighted by atomic mass is 35.5. The van der Waals surface area contributed by atoms with Gasteiger partial charge in [-0.25, -0.2) is 0 Å². The van der Waals surface area contributed by atoms with E-state index in [1.54, 1.807) is 0 Å². The third kappa shape index (κ3) is 1.99. The maximum absolute atomic E-state index is 6.03. The van der Waals surface area contributed by atoms with Crippen molar-refractivity contribution in [1.82, 2.24) is 9.78 Å². The van der Waals surface area contributed by atoms with Crippen LogP contribution in [0, 0.1) is 6.92 Å². The highest BCUT2D eigenvalue weighted by Gasteiger charge is 2.23. The monoisotopic (exact) mass is 261 g/mol. The molecule has 94 valence electrons. The Balaban J connectivity index is 1.87. The Hall–Kier alpha value is -1.48. The number of rotatable bonds is 2. The van der Waals surface area contributed by atoms with E-state index in [0.29, 0.717) is 6.04 Å². The van der Waals surface area contributed by atoms with Crippen molar-refractivity contribution in [2.24, 2.45) is 7.05 Å². The Bertz CT molecular complexity index is 589. The maximum Gasteiger partial charge on any atom is 0.0825 e. The molecule has 0 radical (unpaired) electrons. The van der Waals surface area contributed by atoms with Gasteiger partial charge >= 0.3 is 0 Å². The number of hydrogen-bond acceptors (Lipinski definition) is 2. The molecule has 0 fully saturated rings. The molecule has 1 N–H and O–H groups in total. The molecule has 0 saturated heterocycles. The number of halogens is 1. The molecule has 1 aromatic heterocycles. The van der Waals surface area contributed by atoms with Crippen LogP contribution in [0.4, 0.5) is 5.69 Å². The predicted molar refractivity (Wildman–Crippen MR) is 74.1 cm³/mol. The molecule has 1 unspecified atom stereocenters. The van der Waals surface area contributed by atoms with Gasteiger partial charge in [0.2, 0.25) is 0 Å². The second kappa shape index (κ2) is 4.32. The molecular weight excluding hydrogens is 246 g/mol. The molecule has 1 aliphatic rings. The molecule has 1 atom stereocenters. The SMILES string of the molecule is Cc1nn(C)cc1NC1CCc2cc(Cl)ccc21. The van der Waals surface area contributed by atoms with Crippen molar-refractivity contribution >= 4 is 17.3 Å². The summed E-state index contributed by atoms with van der Waals surface area (Å²) in [6.45, 7) is 2.03. The molecule has 18 heavy (non-hydrogen) atoms. The van der Waals surface area contributed by atoms with E-state index in [0.717, 1.165) is 29.2 Å². The van der Waals surface area contributed by atoms with Gasteiger partial charge in [0.25, 0.3) is 0 Å². The van der Waals surface area contributed by atoms with E-state index in [2.05, 4.69) is 22.5 Å². The van der Waals surface area contributed by atoms with Crippen molar-refractivity contribution in [2.45, 2.75) is 25.8 Å². The van der Waals surface area contributed by atoms with Crippen LogP contribution >= 0.6 is 11.6 Å². The Morgan fingerprint density at radius 1 is 1.44 bits per heavy atom. The largest absolute Gasteiger partial charge is 0.375 e. The van der Waals surface area contributed by atoms with E-state index in [-0.39, 0.29) is 0 Å². The molecule has 0 saturated carbocycles. The zero-order valence-electron chi connectivity index (χ0n) is 10.6. The summed E-state index contributed by atoms with van der Waals surface area (Å²) in [7, 11) is 1.94. The summed E-state index contributed by atoms with van der Waals surface area (Å²) < 4.78 is 1.84. The van der Waals surface area contributed by atoms with E-state index < -0.39 is 0 Å². The van der Waals surface area contributed by atoms with Gasteiger partial charge in [0.15, 0.2) is 0 Å². The Labute approximate surface area is 112 Å². The lowest BCUT2D eigenvalue weighted by atomic mass is 10.1. The van der Waals surface area contributed by atoms with E-state index in [4.69, 9.17) is 11.6 Å². The lowest BCUT2D eigenvalue weighted by molar-refractivity contribution is 0.755. The Morgan fingerprint density at radius 3 is 3.00 bits per heavy atom. The summed E-state index contributed by atoms with van der Waals surface area (Å²) >= 11 is 6.03. The van der Waals surface area contributed by atoms with Crippen molar-refractivity contribution in [3.05, 3.63) is 46.2 Å². The Kier molecular flexibility index (Phi) is 2.78. The van der Waals surface area contributed by atoms with E-state index in [9.17, 15) is 0 Å². The first kappa shape index (κ1) is 11.6. The van der Waals surface area contributed by atoms with Gasteiger partial charge in [-0.1, -0.05) is 17.7 Å². The number of aryl methyl sites for hydroxylation is 3. The average Bonchev–Trinajstić information content (AvgIpc) is 2.84. The lowest BCUT2D eigenvalue weighted by Crippen LogP contribution is -2.07. The summed E-state index contributed by atoms with van der Waals surface area (Å²) in [5.74, 6) is 0. The van der Waals surface area contributed by atoms with Crippen LogP contribution in [0.2, 0.25) is 5.02 Å². The summed E-state index contributed by atoms with van der Waals surface area (Å²) in [5, 5.41) is 8.76. The van der Waals surface area contributed by atoms with E-state index in [1.165, 1.54) is 11.1 Å². The highest BCUT2D eigenvalue weighted by Crippen LogP contribution is 2.35. The third-order valence-electron chi connectivity index (χ3n) is 3.53. The van der Waals surface area contributed by atoms with Crippen LogP contribution < -0.4 is 5.32 Å². The molecule has 4 heteroatoms. The standard InChI is InChI=1S/C14H16ClN3/c1-9-14(8-18(2)17-9)16-13-6-3-10-7-11(15)4-5-12(10)13/h4-5,7-8,13,16H,3,6H2,1-2H3. The van der Waals surface area contributed by atoms with E-state index >= 15 is 0 Å². The van der Waals surface area contributed by atoms with Gasteiger partial charge in [-0.3, -0.25) is 4.68 Å². The third-order valence-corrected chi connectivity index (χ3v) is 3.76. The number of hydrogen-bond donors (Lipinski definition) is 1. The smallest absolute Gasteiger partial charge is 0.0825 e. The summed E-state index contributed by atoms with van der Waals surface area (Å²) in [6, 6.07) is 6.55. The molecule has 3 rings (SSSR count). The number of fused-ring (bicyclic) bond motifs is 1. The van der Waals surface area contributed by atoms with Crippen molar-refractivity contribution in [2.75, 3.05) is 5.32 Å². The second-order valence-electron chi connectivity index (χ2n) is 4.88. The molecule has 0 aliphatic heterocycles. The predicted octanol–water partition coefficient (Wildman–Crippen LogP) is 3.48. The van der Waals surface area contributed by atoms with Crippen LogP contribution in [-0.4, -0.2) is 9.78 Å². The van der Waals surface area contributed by atoms with Crippen LogP contribution in [-0.2, 0) is 13.5 Å². The fourth-order valence-electron chi connectivity index (χ4n) is 2.67. The minimum absolute atomic E-state index is 0.375. The Morgan fingerprint density at radius 2 is 2.28 bits per heavy atom. The van der Waals surface area contributed by atoms with Crippen molar-refractivity contribution in [3.63, 3.8) is 0 Å². The fourth-order valence-corrected chi connectivity index (χ4v) is 2.86. The van der Waals surface area contributed by atoms with Gasteiger partial charge in [0, 0.05) is 18.3 Å². The normalized spacial score (nSPS) is 17.8. The number of nitrogens with zero attached hydrogens (tertiary/aromatic N) is 2. The van der Waals surface area contributed by atoms with Gasteiger partial charge in [-0.2, -0.15) is 5.10 Å². The number of anilines is 1. The number of benzene rings is 1. The molecule has 0 amide bonds. The van der Waals surface area contributed by atoms with Crippen LogP contribution in [0.3, 0.4) is 0 Å². The van der Waals surface area contributed by atoms with Crippen LogP contribution in [0.15, 0.2) is 24.4 Å². The molecule has 1 heterocycles. The fraction of sp³-hybridized carbons (Fsp3) is 0.357. The highest BCUT2D eigenvalue weighted by molar-refractivity contribution is 6.30. The molecule has 0 spiro atoms. The first-order valence-corrected chi connectivity index (χ1v) is 6.56. The van der Waals surface area contributed by atoms with Gasteiger partial charge in [0.1, 0.15) is 0 Å². The van der Waals surface area contributed by atoms with Crippen LogP contribution in [0.25, 0.3) is 0 Å². The maximum atomic E-state index is 6.03. The molecule has 0 bridgehead atoms. The van der Waals surface area contributed by atoms with Crippen molar-refractivity contribution in [1.29, 1.82) is 0 Å². The topological polar surface area (TPSA) is 29.9 Å². The van der Waals surface area contributed by atoms with E-state index in [1.807, 2.05) is 30.9 Å². The van der Waals surface area contributed by atoms with Gasteiger partial charge in [-0.15, -0.1) is 0 Å². The second-order valence-corrected chi connectivity index (χ2v) is 5.32. The molecule has 3 nitrogen and oxygen atoms in total. The number of nitrogens with one attached hydrogen (secondary N) is 1. The average molecular weight is 262 g/mol. The van der Waals surface area contributed by atoms with Gasteiger partial charge in [0.05, 0.1) is 17.4 Å². The summed E-state index contributed by atoms with van der Waals surface area (Å²) in [6.07, 6.45) is 4.24. The minimum atomic E-state index is 0.375. The lowest BCUT2D eigenvalue weighted by Gasteiger charge is -2.14. The molecule has 1 aromatic carbocycles. The van der Waals surface area contributed by atoms with Crippen molar-refractivity contribution in [3.8, 4) is 0 Å². The van der Waals surface area contributed by atoms with Gasteiger partial charge < -0.3 is 5.32 Å². The minimum Gasteiger partial charge on any atom is -0.375 e. The first-order valence-electron chi connectivity index (χ1n) is 6.18. The summed E-state index contributed by atoms with van der Waals surface area (Å²) in [4.78, 5) is 0. The molecular formula is C14H16ClN3. The van der Waals surface area contributed by atoms with Gasteiger partial charge in [-0.05, 0) is 43.0 Å². The summed E-state index contributed by atoms with van der Waals surface area (Å²) in [5.41, 5.74) is 4.88. The molecule has 2 aromatic rings. The van der Waals surface area contributed by atoms with Crippen LogP contribution in [0.1, 0.15) is 29.3 Å². The van der Waals surface area contributed by atoms with Crippen molar-refractivity contribution < 1.29 is 0 Å². The first-order chi connectivity index (χ1) is 8.63. The van der Waals surface area contributed by atoms with Crippen LogP contribution in [0.5, 0.6) is 0 Å². The molecule has 1 aliphatic carbocycles.